The normalized spacial score (nSPS) is 12.1. The van der Waals surface area contributed by atoms with E-state index in [0.717, 1.165) is 28.4 Å². The van der Waals surface area contributed by atoms with E-state index >= 15 is 0 Å². The third-order valence-electron chi connectivity index (χ3n) is 2.94. The number of hydrogen-bond acceptors (Lipinski definition) is 3. The molecule has 1 aliphatic heterocycles. The molecule has 0 saturated carbocycles. The van der Waals surface area contributed by atoms with E-state index < -0.39 is 0 Å². The van der Waals surface area contributed by atoms with Gasteiger partial charge in [-0.2, -0.15) is 0 Å². The maximum Gasteiger partial charge on any atom is 0.153 e. The van der Waals surface area contributed by atoms with Crippen molar-refractivity contribution in [1.29, 1.82) is 0 Å². The van der Waals surface area contributed by atoms with Gasteiger partial charge in [0.15, 0.2) is 5.75 Å². The van der Waals surface area contributed by atoms with Crippen LogP contribution in [0.4, 0.5) is 11.4 Å². The molecule has 0 aromatic heterocycles. The van der Waals surface area contributed by atoms with Crippen LogP contribution in [0, 0.1) is 0 Å². The van der Waals surface area contributed by atoms with Crippen molar-refractivity contribution in [2.75, 3.05) is 19.0 Å². The van der Waals surface area contributed by atoms with Crippen LogP contribution in [0.5, 0.6) is 11.5 Å². The number of anilines is 1. The van der Waals surface area contributed by atoms with Gasteiger partial charge in [0.25, 0.3) is 0 Å². The van der Waals surface area contributed by atoms with Gasteiger partial charge in [0.1, 0.15) is 11.4 Å². The summed E-state index contributed by atoms with van der Waals surface area (Å²) in [5, 5.41) is 0. The van der Waals surface area contributed by atoms with Gasteiger partial charge < -0.3 is 9.64 Å². The molecule has 18 heavy (non-hydrogen) atoms. The van der Waals surface area contributed by atoms with Crippen molar-refractivity contribution < 1.29 is 4.74 Å². The zero-order valence-electron chi connectivity index (χ0n) is 10.4. The molecule has 0 N–H and O–H groups in total. The van der Waals surface area contributed by atoms with E-state index in [4.69, 9.17) is 4.74 Å². The molecular formula is C15H14N2O. The molecule has 3 heteroatoms. The summed E-state index contributed by atoms with van der Waals surface area (Å²) in [6.45, 7) is 0. The summed E-state index contributed by atoms with van der Waals surface area (Å²) in [5.74, 6) is 1.64. The molecule has 0 atom stereocenters. The highest BCUT2D eigenvalue weighted by Crippen LogP contribution is 2.36. The zero-order valence-corrected chi connectivity index (χ0v) is 10.4. The van der Waals surface area contributed by atoms with Crippen molar-refractivity contribution in [2.24, 2.45) is 4.99 Å². The molecule has 0 bridgehead atoms. The summed E-state index contributed by atoms with van der Waals surface area (Å²) in [6, 6.07) is 13.9. The van der Waals surface area contributed by atoms with Gasteiger partial charge in [-0.25, -0.2) is 0 Å². The van der Waals surface area contributed by atoms with E-state index in [0.29, 0.717) is 0 Å². The highest BCUT2D eigenvalue weighted by atomic mass is 16.5. The molecule has 2 aromatic carbocycles. The highest BCUT2D eigenvalue weighted by molar-refractivity contribution is 5.89. The van der Waals surface area contributed by atoms with Crippen LogP contribution >= 0.6 is 0 Å². The van der Waals surface area contributed by atoms with Crippen molar-refractivity contribution in [3.8, 4) is 11.5 Å². The lowest BCUT2D eigenvalue weighted by molar-refractivity contribution is 0.485. The molecule has 0 saturated heterocycles. The molecular weight excluding hydrogens is 224 g/mol. The number of aliphatic imine (C=N–C) groups is 1. The summed E-state index contributed by atoms with van der Waals surface area (Å²) in [4.78, 5) is 6.52. The summed E-state index contributed by atoms with van der Waals surface area (Å²) in [6.07, 6.45) is 1.86. The Hall–Kier alpha value is -2.29. The summed E-state index contributed by atoms with van der Waals surface area (Å²) < 4.78 is 5.89. The van der Waals surface area contributed by atoms with Gasteiger partial charge in [-0.05, 0) is 30.3 Å². The molecule has 0 radical (unpaired) electrons. The SMILES string of the molecule is CN(C)c1ccc2c(c1)C=Nc1ccccc1O2. The van der Waals surface area contributed by atoms with Gasteiger partial charge in [0.2, 0.25) is 0 Å². The number of rotatable bonds is 1. The third kappa shape index (κ3) is 1.84. The van der Waals surface area contributed by atoms with Crippen LogP contribution in [-0.4, -0.2) is 20.3 Å². The van der Waals surface area contributed by atoms with E-state index in [2.05, 4.69) is 16.0 Å². The summed E-state index contributed by atoms with van der Waals surface area (Å²) in [7, 11) is 4.04. The van der Waals surface area contributed by atoms with Crippen LogP contribution in [0.2, 0.25) is 0 Å². The zero-order chi connectivity index (χ0) is 12.5. The minimum Gasteiger partial charge on any atom is -0.454 e. The first kappa shape index (κ1) is 10.8. The fraction of sp³-hybridized carbons (Fsp3) is 0.133. The van der Waals surface area contributed by atoms with Gasteiger partial charge in [-0.1, -0.05) is 12.1 Å². The molecule has 0 amide bonds. The van der Waals surface area contributed by atoms with Crippen molar-refractivity contribution in [3.63, 3.8) is 0 Å². The largest absolute Gasteiger partial charge is 0.454 e. The molecule has 1 aliphatic rings. The predicted molar refractivity (Wildman–Crippen MR) is 74.5 cm³/mol. The molecule has 0 aliphatic carbocycles. The van der Waals surface area contributed by atoms with Crippen LogP contribution in [-0.2, 0) is 0 Å². The van der Waals surface area contributed by atoms with Gasteiger partial charge in [0.05, 0.1) is 0 Å². The molecule has 0 fully saturated rings. The van der Waals surface area contributed by atoms with Gasteiger partial charge >= 0.3 is 0 Å². The van der Waals surface area contributed by atoms with Crippen LogP contribution in [0.25, 0.3) is 0 Å². The molecule has 3 nitrogen and oxygen atoms in total. The Balaban J connectivity index is 2.09. The molecule has 3 rings (SSSR count). The topological polar surface area (TPSA) is 24.8 Å². The smallest absolute Gasteiger partial charge is 0.153 e. The van der Waals surface area contributed by atoms with E-state index in [1.54, 1.807) is 0 Å². The van der Waals surface area contributed by atoms with E-state index in [-0.39, 0.29) is 0 Å². The lowest BCUT2D eigenvalue weighted by Gasteiger charge is -2.14. The Labute approximate surface area is 106 Å². The number of hydrogen-bond donors (Lipinski definition) is 0. The van der Waals surface area contributed by atoms with E-state index in [1.165, 1.54) is 0 Å². The second-order valence-corrected chi connectivity index (χ2v) is 4.44. The van der Waals surface area contributed by atoms with Gasteiger partial charge in [-0.15, -0.1) is 0 Å². The number of nitrogens with zero attached hydrogens (tertiary/aromatic N) is 2. The molecule has 2 aromatic rings. The Morgan fingerprint density at radius 3 is 2.67 bits per heavy atom. The van der Waals surface area contributed by atoms with Crippen LogP contribution in [0.3, 0.4) is 0 Å². The average molecular weight is 238 g/mol. The first-order valence-corrected chi connectivity index (χ1v) is 5.86. The predicted octanol–water partition coefficient (Wildman–Crippen LogP) is 3.61. The first-order valence-electron chi connectivity index (χ1n) is 5.86. The maximum absolute atomic E-state index is 5.89. The molecule has 0 spiro atoms. The monoisotopic (exact) mass is 238 g/mol. The van der Waals surface area contributed by atoms with Crippen molar-refractivity contribution in [2.45, 2.75) is 0 Å². The lowest BCUT2D eigenvalue weighted by Crippen LogP contribution is -2.08. The van der Waals surface area contributed by atoms with Crippen molar-refractivity contribution in [3.05, 3.63) is 48.0 Å². The molecule has 90 valence electrons. The molecule has 1 heterocycles. The van der Waals surface area contributed by atoms with Crippen LogP contribution in [0.15, 0.2) is 47.5 Å². The number of fused-ring (bicyclic) bond motifs is 2. The second-order valence-electron chi connectivity index (χ2n) is 4.44. The fourth-order valence-corrected chi connectivity index (χ4v) is 1.92. The third-order valence-corrected chi connectivity index (χ3v) is 2.94. The maximum atomic E-state index is 5.89. The Kier molecular flexibility index (Phi) is 2.52. The minimum atomic E-state index is 0.796. The summed E-state index contributed by atoms with van der Waals surface area (Å²) >= 11 is 0. The quantitative estimate of drug-likeness (QED) is 0.647. The average Bonchev–Trinajstić information content (AvgIpc) is 2.56. The standard InChI is InChI=1S/C15H14N2O/c1-17(2)12-7-8-14-11(9-12)10-16-13-5-3-4-6-15(13)18-14/h3-10H,1-2H3. The van der Waals surface area contributed by atoms with Crippen molar-refractivity contribution in [1.82, 2.24) is 0 Å². The molecule has 0 unspecified atom stereocenters. The Morgan fingerprint density at radius 1 is 1.00 bits per heavy atom. The number of benzene rings is 2. The Bertz CT molecular complexity index is 618. The number of para-hydroxylation sites is 2. The Morgan fingerprint density at radius 2 is 1.83 bits per heavy atom. The van der Waals surface area contributed by atoms with Gasteiger partial charge in [0, 0.05) is 31.6 Å². The first-order chi connectivity index (χ1) is 8.74. The highest BCUT2D eigenvalue weighted by Gasteiger charge is 2.11. The fourth-order valence-electron chi connectivity index (χ4n) is 1.92. The van der Waals surface area contributed by atoms with Gasteiger partial charge in [-0.3, -0.25) is 4.99 Å². The second kappa shape index (κ2) is 4.18. The van der Waals surface area contributed by atoms with Crippen LogP contribution < -0.4 is 9.64 Å². The number of ether oxygens (including phenoxy) is 1. The lowest BCUT2D eigenvalue weighted by atomic mass is 10.2. The van der Waals surface area contributed by atoms with E-state index in [1.807, 2.05) is 56.7 Å². The summed E-state index contributed by atoms with van der Waals surface area (Å²) in [5.41, 5.74) is 2.99. The minimum absolute atomic E-state index is 0.796. The van der Waals surface area contributed by atoms with E-state index in [9.17, 15) is 0 Å². The van der Waals surface area contributed by atoms with Crippen molar-refractivity contribution >= 4 is 17.6 Å². The van der Waals surface area contributed by atoms with Crippen LogP contribution in [0.1, 0.15) is 5.56 Å².